The third-order valence-electron chi connectivity index (χ3n) is 4.09. The summed E-state index contributed by atoms with van der Waals surface area (Å²) in [4.78, 5) is 16.8. The van der Waals surface area contributed by atoms with Crippen LogP contribution in [-0.2, 0) is 11.0 Å². The number of nitrogens with two attached hydrogens (primary N) is 2. The lowest BCUT2D eigenvalue weighted by molar-refractivity contribution is -0.137. The Morgan fingerprint density at radius 2 is 2.08 bits per heavy atom. The number of nitrogens with one attached hydrogen (secondary N) is 2. The Bertz CT molecular complexity index is 785. The number of carbonyl (C=O) groups excluding carboxylic acids is 1. The summed E-state index contributed by atoms with van der Waals surface area (Å²) in [7, 11) is 0. The van der Waals surface area contributed by atoms with Gasteiger partial charge < -0.3 is 22.1 Å². The molecule has 1 aromatic carbocycles. The lowest BCUT2D eigenvalue weighted by Crippen LogP contribution is -2.36. The molecule has 1 amide bonds. The third kappa shape index (κ3) is 3.96. The van der Waals surface area contributed by atoms with Gasteiger partial charge in [-0.25, -0.2) is 0 Å². The smallest absolute Gasteiger partial charge is 0.383 e. The molecule has 2 aliphatic heterocycles. The van der Waals surface area contributed by atoms with Crippen LogP contribution in [0.15, 0.2) is 38.7 Å². The summed E-state index contributed by atoms with van der Waals surface area (Å²) in [6.45, 7) is 1.56. The lowest BCUT2D eigenvalue weighted by atomic mass is 10.1. The van der Waals surface area contributed by atoms with E-state index in [0.29, 0.717) is 11.4 Å². The molecule has 0 aromatic heterocycles. The fourth-order valence-corrected chi connectivity index (χ4v) is 3.87. The van der Waals surface area contributed by atoms with Crippen molar-refractivity contribution in [3.63, 3.8) is 0 Å². The minimum absolute atomic E-state index is 0.00895. The Morgan fingerprint density at radius 1 is 1.31 bits per heavy atom. The minimum atomic E-state index is -4.45. The molecule has 6 nitrogen and oxygen atoms in total. The van der Waals surface area contributed by atoms with Crippen molar-refractivity contribution in [3.05, 3.63) is 34.4 Å². The zero-order valence-electron chi connectivity index (χ0n) is 13.7. The van der Waals surface area contributed by atoms with Gasteiger partial charge in [-0.15, -0.1) is 0 Å². The van der Waals surface area contributed by atoms with E-state index in [9.17, 15) is 18.0 Å². The number of thioether (sulfide) groups is 1. The van der Waals surface area contributed by atoms with Crippen LogP contribution in [0.4, 0.5) is 18.9 Å². The van der Waals surface area contributed by atoms with E-state index in [1.807, 2.05) is 0 Å². The standard InChI is InChI=1S/C16H18F3N5OS/c17-16(18,19)8-3-4-11-10(6-8)24-15(26-11)12(14(21)25)13(20)23-9-2-1-5-22-7-9/h3-4,6,9,22,24H,1-2,5,7H2,(H2,20,23)(H2,21,25)/t9-/m1/s1. The van der Waals surface area contributed by atoms with Gasteiger partial charge in [0.15, 0.2) is 0 Å². The number of fused-ring (bicyclic) bond motifs is 1. The molecule has 0 unspecified atom stereocenters. The molecular weight excluding hydrogens is 367 g/mol. The number of alkyl halides is 3. The number of amides is 1. The van der Waals surface area contributed by atoms with Crippen LogP contribution in [-0.4, -0.2) is 30.9 Å². The van der Waals surface area contributed by atoms with Crippen molar-refractivity contribution in [2.24, 2.45) is 16.5 Å². The number of aliphatic imine (C=N–C) groups is 1. The Balaban J connectivity index is 1.91. The van der Waals surface area contributed by atoms with Gasteiger partial charge in [0.05, 0.1) is 22.3 Å². The first kappa shape index (κ1) is 18.6. The Hall–Kier alpha value is -2.20. The van der Waals surface area contributed by atoms with E-state index in [4.69, 9.17) is 11.5 Å². The molecule has 0 saturated carbocycles. The lowest BCUT2D eigenvalue weighted by Gasteiger charge is -2.20. The summed E-state index contributed by atoms with van der Waals surface area (Å²) in [5.41, 5.74) is 10.9. The van der Waals surface area contributed by atoms with Crippen LogP contribution in [0.25, 0.3) is 0 Å². The van der Waals surface area contributed by atoms with Crippen LogP contribution in [0.3, 0.4) is 0 Å². The van der Waals surface area contributed by atoms with Crippen LogP contribution < -0.4 is 22.1 Å². The van der Waals surface area contributed by atoms with Crippen molar-refractivity contribution in [2.75, 3.05) is 18.4 Å². The maximum atomic E-state index is 12.9. The monoisotopic (exact) mass is 385 g/mol. The first-order valence-corrected chi connectivity index (χ1v) is 8.82. The molecule has 1 saturated heterocycles. The van der Waals surface area contributed by atoms with Gasteiger partial charge in [0, 0.05) is 11.4 Å². The summed E-state index contributed by atoms with van der Waals surface area (Å²) in [5, 5.41) is 6.29. The van der Waals surface area contributed by atoms with E-state index in [1.165, 1.54) is 6.07 Å². The fourth-order valence-electron chi connectivity index (χ4n) is 2.82. The number of hydrogen-bond donors (Lipinski definition) is 4. The quantitative estimate of drug-likeness (QED) is 0.362. The SMILES string of the molecule is NC(=O)C(C(N)=N[C@@H]1CCCNC1)=C1Nc2cc(C(F)(F)F)ccc2S1. The van der Waals surface area contributed by atoms with Crippen molar-refractivity contribution >= 4 is 29.2 Å². The molecule has 6 N–H and O–H groups in total. The molecule has 1 aromatic rings. The highest BCUT2D eigenvalue weighted by Gasteiger charge is 2.33. The number of amidine groups is 1. The first-order chi connectivity index (χ1) is 12.3. The topological polar surface area (TPSA) is 106 Å². The van der Waals surface area contributed by atoms with E-state index in [0.717, 1.165) is 43.3 Å². The number of rotatable bonds is 3. The number of carbonyl (C=O) groups is 1. The Kier molecular flexibility index (Phi) is 5.15. The predicted octanol–water partition coefficient (Wildman–Crippen LogP) is 2.03. The van der Waals surface area contributed by atoms with E-state index in [-0.39, 0.29) is 28.2 Å². The fraction of sp³-hybridized carbons (Fsp3) is 0.375. The summed E-state index contributed by atoms with van der Waals surface area (Å²) < 4.78 is 38.6. The Morgan fingerprint density at radius 3 is 2.69 bits per heavy atom. The average Bonchev–Trinajstić information content (AvgIpc) is 2.96. The normalized spacial score (nSPS) is 22.6. The van der Waals surface area contributed by atoms with Gasteiger partial charge in [-0.2, -0.15) is 13.2 Å². The van der Waals surface area contributed by atoms with E-state index >= 15 is 0 Å². The number of anilines is 1. The molecule has 0 radical (unpaired) electrons. The third-order valence-corrected chi connectivity index (χ3v) is 5.18. The summed E-state index contributed by atoms with van der Waals surface area (Å²) in [6.07, 6.45) is -2.66. The van der Waals surface area contributed by atoms with Crippen molar-refractivity contribution in [2.45, 2.75) is 30.0 Å². The maximum absolute atomic E-state index is 12.9. The second kappa shape index (κ2) is 7.20. The summed E-state index contributed by atoms with van der Waals surface area (Å²) >= 11 is 1.11. The minimum Gasteiger partial charge on any atom is -0.383 e. The van der Waals surface area contributed by atoms with E-state index in [1.54, 1.807) is 0 Å². The molecule has 2 heterocycles. The zero-order valence-corrected chi connectivity index (χ0v) is 14.5. The number of primary amides is 1. The molecule has 0 bridgehead atoms. The Labute approximate surface area is 152 Å². The highest BCUT2D eigenvalue weighted by Crippen LogP contribution is 2.44. The molecule has 2 aliphatic rings. The van der Waals surface area contributed by atoms with E-state index in [2.05, 4.69) is 15.6 Å². The van der Waals surface area contributed by atoms with Crippen LogP contribution in [0.2, 0.25) is 0 Å². The zero-order chi connectivity index (χ0) is 18.9. The van der Waals surface area contributed by atoms with E-state index < -0.39 is 17.6 Å². The van der Waals surface area contributed by atoms with Crippen molar-refractivity contribution in [1.82, 2.24) is 5.32 Å². The molecular formula is C16H18F3N5OS. The van der Waals surface area contributed by atoms with Gasteiger partial charge in [-0.3, -0.25) is 9.79 Å². The average molecular weight is 385 g/mol. The summed E-state index contributed by atoms with van der Waals surface area (Å²) in [6, 6.07) is 3.27. The number of piperidine rings is 1. The van der Waals surface area contributed by atoms with Crippen molar-refractivity contribution in [1.29, 1.82) is 0 Å². The first-order valence-electron chi connectivity index (χ1n) is 8.00. The van der Waals surface area contributed by atoms with Crippen molar-refractivity contribution in [3.8, 4) is 0 Å². The second-order valence-corrected chi connectivity index (χ2v) is 7.07. The van der Waals surface area contributed by atoms with Gasteiger partial charge in [0.25, 0.3) is 5.91 Å². The van der Waals surface area contributed by atoms with Crippen molar-refractivity contribution < 1.29 is 18.0 Å². The van der Waals surface area contributed by atoms with Gasteiger partial charge in [0.2, 0.25) is 0 Å². The molecule has 26 heavy (non-hydrogen) atoms. The largest absolute Gasteiger partial charge is 0.416 e. The van der Waals surface area contributed by atoms with Crippen LogP contribution >= 0.6 is 11.8 Å². The maximum Gasteiger partial charge on any atom is 0.416 e. The molecule has 0 aliphatic carbocycles. The predicted molar refractivity (Wildman–Crippen MR) is 94.7 cm³/mol. The highest BCUT2D eigenvalue weighted by molar-refractivity contribution is 8.03. The van der Waals surface area contributed by atoms with Gasteiger partial charge >= 0.3 is 6.18 Å². The van der Waals surface area contributed by atoms with Gasteiger partial charge in [-0.1, -0.05) is 11.8 Å². The van der Waals surface area contributed by atoms with Crippen LogP contribution in [0, 0.1) is 0 Å². The summed E-state index contributed by atoms with van der Waals surface area (Å²) in [5.74, 6) is -0.793. The molecule has 10 heteroatoms. The molecule has 140 valence electrons. The molecule has 1 fully saturated rings. The number of benzene rings is 1. The molecule has 0 spiro atoms. The number of halogens is 3. The van der Waals surface area contributed by atoms with Gasteiger partial charge in [-0.05, 0) is 37.6 Å². The highest BCUT2D eigenvalue weighted by atomic mass is 32.2. The molecule has 1 atom stereocenters. The molecule has 3 rings (SSSR count). The number of nitrogens with zero attached hydrogens (tertiary/aromatic N) is 1. The van der Waals surface area contributed by atoms with Crippen LogP contribution in [0.1, 0.15) is 18.4 Å². The van der Waals surface area contributed by atoms with Gasteiger partial charge in [0.1, 0.15) is 11.4 Å². The number of hydrogen-bond acceptors (Lipinski definition) is 5. The second-order valence-electron chi connectivity index (χ2n) is 6.02. The van der Waals surface area contributed by atoms with Crippen LogP contribution in [0.5, 0.6) is 0 Å².